The molecule has 0 aliphatic heterocycles. The van der Waals surface area contributed by atoms with Crippen molar-refractivity contribution in [2.45, 2.75) is 115 Å². The van der Waals surface area contributed by atoms with Crippen LogP contribution in [0, 0.1) is 11.8 Å². The van der Waals surface area contributed by atoms with Gasteiger partial charge in [0.1, 0.15) is 30.0 Å². The molecule has 0 heterocycles. The number of benzene rings is 2. The van der Waals surface area contributed by atoms with Crippen molar-refractivity contribution in [2.24, 2.45) is 11.8 Å². The number of amides is 4. The van der Waals surface area contributed by atoms with Crippen LogP contribution in [0.3, 0.4) is 0 Å². The predicted octanol–water partition coefficient (Wildman–Crippen LogP) is 5.30. The number of carbonyl (C=O) groups excluding carboxylic acids is 4. The molecule has 4 amide bonds. The van der Waals surface area contributed by atoms with E-state index in [0.717, 1.165) is 50.5 Å². The van der Waals surface area contributed by atoms with Gasteiger partial charge in [0, 0.05) is 25.7 Å². The number of nitrogens with zero attached hydrogens (tertiary/aromatic N) is 2. The molecule has 2 aromatic carbocycles. The largest absolute Gasteiger partial charge is 0.493 e. The Hall–Kier alpha value is -5.54. The zero-order valence-electron chi connectivity index (χ0n) is 35.7. The van der Waals surface area contributed by atoms with Gasteiger partial charge in [0.15, 0.2) is 11.5 Å². The lowest BCUT2D eigenvalue weighted by Gasteiger charge is -2.34. The molecule has 330 valence electrons. The first-order chi connectivity index (χ1) is 28.5. The Morgan fingerprint density at radius 3 is 2.08 bits per heavy atom. The fourth-order valence-electron chi connectivity index (χ4n) is 7.30. The number of aliphatic carboxylic acids is 2. The highest BCUT2D eigenvalue weighted by Crippen LogP contribution is 2.36. The van der Waals surface area contributed by atoms with Crippen LogP contribution in [0.15, 0.2) is 42.5 Å². The summed E-state index contributed by atoms with van der Waals surface area (Å²) in [6.07, 6.45) is 7.46. The molecule has 4 N–H and O–H groups in total. The van der Waals surface area contributed by atoms with E-state index in [1.54, 1.807) is 32.7 Å². The standard InChI is InChI=1S/C44H62N4O12/c1-44(2,3)60-43(56)47(4)34(22-30-17-18-30)41(53)48(20-19-28-13-9-7-10-14-28)26-38(49)45-31(21-29-15-11-8-12-16-29)27-59-35-25-37(58-6)36(57-5)23-32(35)40(52)46-33(42(54)55)24-39(50)51/h8,11-12,15-16,23,25,28,30-31,33-34H,7,9-10,13-14,17-22,24,26-27H2,1-6H3,(H,45,49)(H,46,52)(H,50,51)(H,54,55). The predicted molar refractivity (Wildman–Crippen MR) is 221 cm³/mol. The van der Waals surface area contributed by atoms with Crippen LogP contribution in [-0.4, -0.2) is 120 Å². The molecule has 2 aliphatic carbocycles. The molecule has 2 aromatic rings. The van der Waals surface area contributed by atoms with Gasteiger partial charge >= 0.3 is 18.0 Å². The Balaban J connectivity index is 1.61. The lowest BCUT2D eigenvalue weighted by atomic mass is 9.87. The molecule has 60 heavy (non-hydrogen) atoms. The van der Waals surface area contributed by atoms with E-state index in [1.807, 2.05) is 30.3 Å². The minimum Gasteiger partial charge on any atom is -0.493 e. The first-order valence-electron chi connectivity index (χ1n) is 20.7. The number of methoxy groups -OCH3 is 2. The third-order valence-corrected chi connectivity index (χ3v) is 10.7. The molecule has 2 saturated carbocycles. The fraction of sp³-hybridized carbons (Fsp3) is 0.591. The Labute approximate surface area is 352 Å². The second-order valence-electron chi connectivity index (χ2n) is 16.8. The molecule has 3 atom stereocenters. The molecule has 4 rings (SSSR count). The van der Waals surface area contributed by atoms with Crippen molar-refractivity contribution in [3.05, 3.63) is 53.6 Å². The van der Waals surface area contributed by atoms with Crippen LogP contribution >= 0.6 is 0 Å². The van der Waals surface area contributed by atoms with E-state index in [0.29, 0.717) is 31.2 Å². The fourth-order valence-corrected chi connectivity index (χ4v) is 7.30. The van der Waals surface area contributed by atoms with Crippen molar-refractivity contribution >= 4 is 35.8 Å². The minimum absolute atomic E-state index is 0.0469. The van der Waals surface area contributed by atoms with Crippen LogP contribution in [0.4, 0.5) is 4.79 Å². The van der Waals surface area contributed by atoms with E-state index in [-0.39, 0.29) is 41.9 Å². The zero-order chi connectivity index (χ0) is 44.0. The monoisotopic (exact) mass is 838 g/mol. The summed E-state index contributed by atoms with van der Waals surface area (Å²) in [6, 6.07) is 8.76. The molecule has 2 aliphatic rings. The van der Waals surface area contributed by atoms with E-state index in [2.05, 4.69) is 10.6 Å². The average Bonchev–Trinajstić information content (AvgIpc) is 4.03. The highest BCUT2D eigenvalue weighted by atomic mass is 16.6. The molecule has 0 saturated heterocycles. The summed E-state index contributed by atoms with van der Waals surface area (Å²) < 4.78 is 22.7. The van der Waals surface area contributed by atoms with E-state index in [1.165, 1.54) is 37.7 Å². The van der Waals surface area contributed by atoms with Crippen LogP contribution < -0.4 is 24.8 Å². The Kier molecular flexibility index (Phi) is 17.4. The maximum absolute atomic E-state index is 14.5. The summed E-state index contributed by atoms with van der Waals surface area (Å²) in [7, 11) is 4.31. The highest BCUT2D eigenvalue weighted by molar-refractivity contribution is 6.00. The molecule has 0 spiro atoms. The van der Waals surface area contributed by atoms with Gasteiger partial charge in [-0.15, -0.1) is 0 Å². The summed E-state index contributed by atoms with van der Waals surface area (Å²) in [6.45, 7) is 5.18. The second-order valence-corrected chi connectivity index (χ2v) is 16.8. The molecule has 16 heteroatoms. The molecule has 16 nitrogen and oxygen atoms in total. The van der Waals surface area contributed by atoms with E-state index in [4.69, 9.17) is 18.9 Å². The third-order valence-electron chi connectivity index (χ3n) is 10.7. The molecule has 0 aromatic heterocycles. The summed E-state index contributed by atoms with van der Waals surface area (Å²) in [4.78, 5) is 81.5. The number of carboxylic acids is 2. The Morgan fingerprint density at radius 2 is 1.50 bits per heavy atom. The lowest BCUT2D eigenvalue weighted by molar-refractivity contribution is -0.145. The SMILES string of the molecule is COc1cc(OCC(Cc2ccccc2)NC(=O)CN(CCC2CCCCC2)C(=O)C(CC2CC2)N(C)C(=O)OC(C)(C)C)c(C(=O)NC(CC(=O)O)C(=O)O)cc1OC. The number of ether oxygens (including phenoxy) is 4. The van der Waals surface area contributed by atoms with Crippen LogP contribution in [0.1, 0.15) is 101 Å². The summed E-state index contributed by atoms with van der Waals surface area (Å²) in [5.74, 6) is -3.69. The van der Waals surface area contributed by atoms with Gasteiger partial charge < -0.3 is 44.7 Å². The lowest BCUT2D eigenvalue weighted by Crippen LogP contribution is -2.54. The summed E-state index contributed by atoms with van der Waals surface area (Å²) in [5, 5.41) is 24.1. The normalized spacial score (nSPS) is 15.7. The average molecular weight is 839 g/mol. The van der Waals surface area contributed by atoms with Crippen molar-refractivity contribution in [1.82, 2.24) is 20.4 Å². The Morgan fingerprint density at radius 1 is 0.850 bits per heavy atom. The maximum Gasteiger partial charge on any atom is 0.410 e. The Bertz CT molecular complexity index is 1790. The van der Waals surface area contributed by atoms with Gasteiger partial charge in [-0.2, -0.15) is 0 Å². The van der Waals surface area contributed by atoms with Gasteiger partial charge in [-0.1, -0.05) is 75.3 Å². The first kappa shape index (κ1) is 47.1. The van der Waals surface area contributed by atoms with Gasteiger partial charge in [0.05, 0.1) is 38.8 Å². The number of likely N-dealkylation sites (N-methyl/N-ethyl adjacent to an activating group) is 1. The van der Waals surface area contributed by atoms with Crippen molar-refractivity contribution < 1.29 is 57.9 Å². The first-order valence-corrected chi connectivity index (χ1v) is 20.7. The summed E-state index contributed by atoms with van der Waals surface area (Å²) >= 11 is 0. The second kappa shape index (κ2) is 22.2. The molecular weight excluding hydrogens is 777 g/mol. The van der Waals surface area contributed by atoms with Gasteiger partial charge in [-0.25, -0.2) is 9.59 Å². The van der Waals surface area contributed by atoms with E-state index >= 15 is 0 Å². The van der Waals surface area contributed by atoms with E-state index < -0.39 is 60.0 Å². The van der Waals surface area contributed by atoms with Crippen molar-refractivity contribution in [3.8, 4) is 17.2 Å². The molecular formula is C44H62N4O12. The van der Waals surface area contributed by atoms with Crippen LogP contribution in [0.5, 0.6) is 17.2 Å². The number of hydrogen-bond acceptors (Lipinski definition) is 10. The van der Waals surface area contributed by atoms with Crippen molar-refractivity contribution in [2.75, 3.05) is 41.0 Å². The van der Waals surface area contributed by atoms with E-state index in [9.17, 15) is 39.0 Å². The smallest absolute Gasteiger partial charge is 0.410 e. The molecule has 0 bridgehead atoms. The van der Waals surface area contributed by atoms with Gasteiger partial charge in [0.25, 0.3) is 5.91 Å². The number of nitrogens with one attached hydrogen (secondary N) is 2. The molecule has 0 radical (unpaired) electrons. The van der Waals surface area contributed by atoms with Crippen LogP contribution in [-0.2, 0) is 30.3 Å². The van der Waals surface area contributed by atoms with Crippen LogP contribution in [0.2, 0.25) is 0 Å². The van der Waals surface area contributed by atoms with Crippen molar-refractivity contribution in [3.63, 3.8) is 0 Å². The third kappa shape index (κ3) is 14.9. The van der Waals surface area contributed by atoms with Gasteiger partial charge in [0.2, 0.25) is 11.8 Å². The van der Waals surface area contributed by atoms with Crippen molar-refractivity contribution in [1.29, 1.82) is 0 Å². The molecule has 2 fully saturated rings. The van der Waals surface area contributed by atoms with Gasteiger partial charge in [-0.05, 0) is 57.4 Å². The minimum atomic E-state index is -1.74. The molecule has 3 unspecified atom stereocenters. The number of rotatable bonds is 22. The number of carbonyl (C=O) groups is 6. The number of hydrogen-bond donors (Lipinski definition) is 4. The van der Waals surface area contributed by atoms with Crippen LogP contribution in [0.25, 0.3) is 0 Å². The number of carboxylic acid groups (broad SMARTS) is 2. The maximum atomic E-state index is 14.5. The topological polar surface area (TPSA) is 210 Å². The van der Waals surface area contributed by atoms with Gasteiger partial charge in [-0.3, -0.25) is 24.1 Å². The highest BCUT2D eigenvalue weighted by Gasteiger charge is 2.38. The quantitative estimate of drug-likeness (QED) is 0.119. The zero-order valence-corrected chi connectivity index (χ0v) is 35.7. The summed E-state index contributed by atoms with van der Waals surface area (Å²) in [5.41, 5.74) is -0.0646.